The fourth-order valence-electron chi connectivity index (χ4n) is 2.54. The fraction of sp³-hybridized carbons (Fsp3) is 0.333. The van der Waals surface area contributed by atoms with Crippen LogP contribution in [0, 0.1) is 6.92 Å². The number of carbonyl (C=O) groups excluding carboxylic acids is 2. The third kappa shape index (κ3) is 3.45. The van der Waals surface area contributed by atoms with Crippen LogP contribution < -0.4 is 5.32 Å². The molecule has 116 valence electrons. The Balaban J connectivity index is 2.24. The summed E-state index contributed by atoms with van der Waals surface area (Å²) in [6.45, 7) is 4.60. The monoisotopic (exact) mass is 298 g/mol. The van der Waals surface area contributed by atoms with Crippen LogP contribution in [0.25, 0.3) is 0 Å². The van der Waals surface area contributed by atoms with Gasteiger partial charge in [-0.1, -0.05) is 37.3 Å². The highest BCUT2D eigenvalue weighted by Crippen LogP contribution is 2.18. The van der Waals surface area contributed by atoms with Crippen molar-refractivity contribution in [1.29, 1.82) is 0 Å². The van der Waals surface area contributed by atoms with Crippen molar-refractivity contribution in [3.63, 3.8) is 0 Å². The van der Waals surface area contributed by atoms with E-state index in [1.807, 2.05) is 61.9 Å². The smallest absolute Gasteiger partial charge is 0.225 e. The number of hydrogen-bond donors (Lipinski definition) is 1. The number of nitrogens with one attached hydrogen (secondary N) is 1. The van der Waals surface area contributed by atoms with E-state index >= 15 is 0 Å². The van der Waals surface area contributed by atoms with Crippen LogP contribution in [0.1, 0.15) is 40.7 Å². The summed E-state index contributed by atoms with van der Waals surface area (Å²) >= 11 is 0. The van der Waals surface area contributed by atoms with Gasteiger partial charge in [-0.3, -0.25) is 9.59 Å². The third-order valence-electron chi connectivity index (χ3n) is 3.69. The van der Waals surface area contributed by atoms with Crippen LogP contribution in [-0.4, -0.2) is 22.8 Å². The van der Waals surface area contributed by atoms with Gasteiger partial charge in [0, 0.05) is 24.8 Å². The molecular formula is C18H22N2O2. The number of aromatic nitrogens is 1. The molecule has 0 atom stereocenters. The van der Waals surface area contributed by atoms with E-state index in [1.54, 1.807) is 0 Å². The first kappa shape index (κ1) is 16.0. The Hall–Kier alpha value is -2.36. The largest absolute Gasteiger partial charge is 0.356 e. The normalized spacial score (nSPS) is 10.5. The lowest BCUT2D eigenvalue weighted by atomic mass is 10.1. The van der Waals surface area contributed by atoms with Crippen LogP contribution in [-0.2, 0) is 18.3 Å². The molecule has 0 aliphatic heterocycles. The minimum Gasteiger partial charge on any atom is -0.356 e. The van der Waals surface area contributed by atoms with Gasteiger partial charge in [0.25, 0.3) is 0 Å². The van der Waals surface area contributed by atoms with Crippen LogP contribution in [0.5, 0.6) is 0 Å². The number of nitrogens with zero attached hydrogens (tertiary/aromatic N) is 1. The predicted molar refractivity (Wildman–Crippen MR) is 87.0 cm³/mol. The number of aryl methyl sites for hydroxylation is 1. The zero-order valence-corrected chi connectivity index (χ0v) is 13.3. The van der Waals surface area contributed by atoms with Crippen LogP contribution >= 0.6 is 0 Å². The molecule has 1 N–H and O–H groups in total. The molecule has 22 heavy (non-hydrogen) atoms. The number of hydrogen-bond acceptors (Lipinski definition) is 2. The second-order valence-electron chi connectivity index (χ2n) is 5.45. The van der Waals surface area contributed by atoms with Crippen molar-refractivity contribution < 1.29 is 9.59 Å². The first-order valence-electron chi connectivity index (χ1n) is 7.56. The van der Waals surface area contributed by atoms with Crippen LogP contribution in [0.2, 0.25) is 0 Å². The summed E-state index contributed by atoms with van der Waals surface area (Å²) in [5.74, 6) is -0.0259. The standard InChI is InChI=1S/C18H22N2O2/c1-4-10-19-16(21)12-15-11-13(2)17(20(15)3)18(22)14-8-6-5-7-9-14/h5-9,11H,4,10,12H2,1-3H3,(H,19,21). The maximum atomic E-state index is 12.6. The molecule has 0 unspecified atom stereocenters. The van der Waals surface area contributed by atoms with Crippen molar-refractivity contribution in [2.24, 2.45) is 7.05 Å². The Morgan fingerprint density at radius 2 is 1.86 bits per heavy atom. The SMILES string of the molecule is CCCNC(=O)Cc1cc(C)c(C(=O)c2ccccc2)n1C. The van der Waals surface area contributed by atoms with Gasteiger partial charge in [-0.25, -0.2) is 0 Å². The number of carbonyl (C=O) groups is 2. The zero-order valence-electron chi connectivity index (χ0n) is 13.3. The molecule has 1 heterocycles. The molecule has 4 heteroatoms. The van der Waals surface area contributed by atoms with Gasteiger partial charge in [0.15, 0.2) is 0 Å². The van der Waals surface area contributed by atoms with Gasteiger partial charge in [0.1, 0.15) is 0 Å². The summed E-state index contributed by atoms with van der Waals surface area (Å²) in [7, 11) is 1.84. The highest BCUT2D eigenvalue weighted by atomic mass is 16.1. The predicted octanol–water partition coefficient (Wildman–Crippen LogP) is 2.63. The van der Waals surface area contributed by atoms with Gasteiger partial charge < -0.3 is 9.88 Å². The highest BCUT2D eigenvalue weighted by molar-refractivity contribution is 6.09. The van der Waals surface area contributed by atoms with E-state index in [0.29, 0.717) is 24.2 Å². The molecule has 2 aromatic rings. The van der Waals surface area contributed by atoms with Crippen molar-refractivity contribution in [1.82, 2.24) is 9.88 Å². The summed E-state index contributed by atoms with van der Waals surface area (Å²) in [5, 5.41) is 2.86. The summed E-state index contributed by atoms with van der Waals surface area (Å²) in [5.41, 5.74) is 3.05. The Bertz CT molecular complexity index is 672. The average molecular weight is 298 g/mol. The minimum absolute atomic E-state index is 0.0128. The second kappa shape index (κ2) is 7.07. The summed E-state index contributed by atoms with van der Waals surface area (Å²) < 4.78 is 1.83. The van der Waals surface area contributed by atoms with Crippen LogP contribution in [0.15, 0.2) is 36.4 Å². The van der Waals surface area contributed by atoms with Crippen LogP contribution in [0.3, 0.4) is 0 Å². The minimum atomic E-state index is -0.0131. The van der Waals surface area contributed by atoms with Crippen molar-refractivity contribution in [3.05, 3.63) is 58.9 Å². The van der Waals surface area contributed by atoms with Crippen molar-refractivity contribution in [3.8, 4) is 0 Å². The van der Waals surface area contributed by atoms with Gasteiger partial charge in [0.05, 0.1) is 12.1 Å². The molecule has 0 saturated carbocycles. The Kier molecular flexibility index (Phi) is 5.15. The molecule has 0 aliphatic carbocycles. The molecule has 1 aromatic heterocycles. The van der Waals surface area contributed by atoms with Crippen LogP contribution in [0.4, 0.5) is 0 Å². The Morgan fingerprint density at radius 3 is 2.50 bits per heavy atom. The molecule has 0 fully saturated rings. The maximum absolute atomic E-state index is 12.6. The second-order valence-corrected chi connectivity index (χ2v) is 5.45. The lowest BCUT2D eigenvalue weighted by Gasteiger charge is -2.08. The topological polar surface area (TPSA) is 51.1 Å². The summed E-state index contributed by atoms with van der Waals surface area (Å²) in [4.78, 5) is 24.5. The quantitative estimate of drug-likeness (QED) is 0.834. The molecular weight excluding hydrogens is 276 g/mol. The molecule has 1 amide bonds. The van der Waals surface area contributed by atoms with E-state index in [9.17, 15) is 9.59 Å². The van der Waals surface area contributed by atoms with E-state index < -0.39 is 0 Å². The molecule has 0 spiro atoms. The fourth-order valence-corrected chi connectivity index (χ4v) is 2.54. The van der Waals surface area contributed by atoms with Gasteiger partial charge >= 0.3 is 0 Å². The highest BCUT2D eigenvalue weighted by Gasteiger charge is 2.19. The van der Waals surface area contributed by atoms with Gasteiger partial charge in [0.2, 0.25) is 11.7 Å². The average Bonchev–Trinajstić information content (AvgIpc) is 2.79. The molecule has 2 rings (SSSR count). The van der Waals surface area contributed by atoms with Crippen molar-refractivity contribution in [2.75, 3.05) is 6.54 Å². The number of rotatable bonds is 6. The van der Waals surface area contributed by atoms with E-state index in [-0.39, 0.29) is 11.7 Å². The lowest BCUT2D eigenvalue weighted by molar-refractivity contribution is -0.120. The maximum Gasteiger partial charge on any atom is 0.225 e. The lowest BCUT2D eigenvalue weighted by Crippen LogP contribution is -2.26. The van der Waals surface area contributed by atoms with Gasteiger partial charge in [-0.2, -0.15) is 0 Å². The van der Waals surface area contributed by atoms with Crippen molar-refractivity contribution >= 4 is 11.7 Å². The Labute approximate surface area is 131 Å². The first-order chi connectivity index (χ1) is 10.5. The van der Waals surface area contributed by atoms with Gasteiger partial charge in [-0.05, 0) is 25.0 Å². The molecule has 4 nitrogen and oxygen atoms in total. The zero-order chi connectivity index (χ0) is 16.1. The molecule has 1 aromatic carbocycles. The van der Waals surface area contributed by atoms with E-state index in [0.717, 1.165) is 17.7 Å². The van der Waals surface area contributed by atoms with E-state index in [4.69, 9.17) is 0 Å². The number of benzene rings is 1. The molecule has 0 saturated heterocycles. The van der Waals surface area contributed by atoms with E-state index in [1.165, 1.54) is 0 Å². The molecule has 0 bridgehead atoms. The number of amides is 1. The third-order valence-corrected chi connectivity index (χ3v) is 3.69. The van der Waals surface area contributed by atoms with Crippen molar-refractivity contribution in [2.45, 2.75) is 26.7 Å². The number of ketones is 1. The molecule has 0 radical (unpaired) electrons. The van der Waals surface area contributed by atoms with Gasteiger partial charge in [-0.15, -0.1) is 0 Å². The summed E-state index contributed by atoms with van der Waals surface area (Å²) in [6.07, 6.45) is 1.20. The van der Waals surface area contributed by atoms with E-state index in [2.05, 4.69) is 5.32 Å². The Morgan fingerprint density at radius 1 is 1.18 bits per heavy atom. The first-order valence-corrected chi connectivity index (χ1v) is 7.56. The molecule has 0 aliphatic rings. The summed E-state index contributed by atoms with van der Waals surface area (Å²) in [6, 6.07) is 11.1.